The van der Waals surface area contributed by atoms with Crippen LogP contribution in [0.4, 0.5) is 0 Å². The first-order valence-corrected chi connectivity index (χ1v) is 9.48. The van der Waals surface area contributed by atoms with Gasteiger partial charge in [-0.3, -0.25) is 4.79 Å². The molecule has 0 atom stereocenters. The number of nitrogens with zero attached hydrogens (tertiary/aromatic N) is 3. The van der Waals surface area contributed by atoms with Gasteiger partial charge in [-0.15, -0.1) is 0 Å². The number of benzene rings is 1. The fourth-order valence-electron chi connectivity index (χ4n) is 3.02. The van der Waals surface area contributed by atoms with Crippen molar-refractivity contribution in [1.29, 1.82) is 5.26 Å². The van der Waals surface area contributed by atoms with Crippen molar-refractivity contribution in [1.82, 2.24) is 9.21 Å². The summed E-state index contributed by atoms with van der Waals surface area (Å²) in [5.41, 5.74) is 0.956. The van der Waals surface area contributed by atoms with Gasteiger partial charge in [0.05, 0.1) is 17.9 Å². The first-order chi connectivity index (χ1) is 10.9. The Morgan fingerprint density at radius 3 is 2.57 bits per heavy atom. The van der Waals surface area contributed by atoms with Crippen molar-refractivity contribution >= 4 is 15.9 Å². The quantitative estimate of drug-likeness (QED) is 0.834. The summed E-state index contributed by atoms with van der Waals surface area (Å²) in [6, 6.07) is 8.62. The highest BCUT2D eigenvalue weighted by Crippen LogP contribution is 2.20. The molecule has 1 heterocycles. The van der Waals surface area contributed by atoms with Crippen molar-refractivity contribution in [2.45, 2.75) is 25.8 Å². The normalized spacial score (nSPS) is 16.3. The van der Waals surface area contributed by atoms with Gasteiger partial charge in [-0.1, -0.05) is 13.0 Å². The minimum absolute atomic E-state index is 0.0514. The molecule has 2 rings (SSSR count). The van der Waals surface area contributed by atoms with E-state index in [1.807, 2.05) is 13.0 Å². The maximum absolute atomic E-state index is 12.5. The van der Waals surface area contributed by atoms with Crippen molar-refractivity contribution < 1.29 is 13.2 Å². The van der Waals surface area contributed by atoms with E-state index in [4.69, 9.17) is 5.26 Å². The van der Waals surface area contributed by atoms with E-state index < -0.39 is 10.0 Å². The second-order valence-electron chi connectivity index (χ2n) is 5.68. The molecule has 1 fully saturated rings. The van der Waals surface area contributed by atoms with Gasteiger partial charge in [-0.05, 0) is 31.0 Å². The number of nitriles is 1. The molecule has 0 aliphatic carbocycles. The average Bonchev–Trinajstić information content (AvgIpc) is 2.54. The lowest BCUT2D eigenvalue weighted by Gasteiger charge is -2.36. The zero-order chi connectivity index (χ0) is 17.0. The van der Waals surface area contributed by atoms with Gasteiger partial charge >= 0.3 is 0 Å². The summed E-state index contributed by atoms with van der Waals surface area (Å²) < 4.78 is 25.1. The van der Waals surface area contributed by atoms with Crippen LogP contribution in [0.5, 0.6) is 0 Å². The maximum Gasteiger partial charge on any atom is 0.253 e. The number of sulfonamides is 1. The predicted octanol–water partition coefficient (Wildman–Crippen LogP) is 1.44. The van der Waals surface area contributed by atoms with Gasteiger partial charge in [0.25, 0.3) is 5.91 Å². The Kier molecular flexibility index (Phi) is 5.39. The molecule has 23 heavy (non-hydrogen) atoms. The average molecular weight is 335 g/mol. The van der Waals surface area contributed by atoms with E-state index in [-0.39, 0.29) is 11.9 Å². The van der Waals surface area contributed by atoms with E-state index in [0.717, 1.165) is 0 Å². The van der Waals surface area contributed by atoms with Gasteiger partial charge < -0.3 is 4.90 Å². The number of hydrogen-bond donors (Lipinski definition) is 0. The van der Waals surface area contributed by atoms with Crippen molar-refractivity contribution in [3.63, 3.8) is 0 Å². The largest absolute Gasteiger partial charge is 0.339 e. The Morgan fingerprint density at radius 2 is 2.04 bits per heavy atom. The van der Waals surface area contributed by atoms with E-state index in [2.05, 4.69) is 0 Å². The van der Waals surface area contributed by atoms with Crippen molar-refractivity contribution in [3.05, 3.63) is 35.4 Å². The molecule has 0 aromatic heterocycles. The van der Waals surface area contributed by atoms with Gasteiger partial charge in [0.1, 0.15) is 0 Å². The topological polar surface area (TPSA) is 81.5 Å². The lowest BCUT2D eigenvalue weighted by atomic mass is 10.0. The summed E-state index contributed by atoms with van der Waals surface area (Å²) in [5, 5.41) is 8.92. The van der Waals surface area contributed by atoms with Crippen LogP contribution in [0.1, 0.15) is 35.7 Å². The Morgan fingerprint density at radius 1 is 1.39 bits per heavy atom. The molecule has 1 aromatic carbocycles. The molecule has 1 amide bonds. The molecule has 1 aliphatic heterocycles. The molecule has 0 N–H and O–H groups in total. The smallest absolute Gasteiger partial charge is 0.253 e. The van der Waals surface area contributed by atoms with Crippen LogP contribution in [0, 0.1) is 11.3 Å². The fraction of sp³-hybridized carbons (Fsp3) is 0.500. The monoisotopic (exact) mass is 335 g/mol. The molecule has 0 bridgehead atoms. The maximum atomic E-state index is 12.5. The molecular weight excluding hydrogens is 314 g/mol. The number of hydrogen-bond acceptors (Lipinski definition) is 4. The van der Waals surface area contributed by atoms with E-state index in [0.29, 0.717) is 43.6 Å². The molecule has 0 radical (unpaired) electrons. The van der Waals surface area contributed by atoms with Crippen LogP contribution in [0.25, 0.3) is 0 Å². The second kappa shape index (κ2) is 7.11. The number of rotatable bonds is 4. The zero-order valence-corrected chi connectivity index (χ0v) is 14.2. The van der Waals surface area contributed by atoms with Gasteiger partial charge in [-0.25, -0.2) is 8.42 Å². The van der Waals surface area contributed by atoms with Crippen LogP contribution in [-0.4, -0.2) is 55.5 Å². The van der Waals surface area contributed by atoms with Gasteiger partial charge in [-0.2, -0.15) is 9.57 Å². The second-order valence-corrected chi connectivity index (χ2v) is 7.62. The molecule has 1 aromatic rings. The number of amides is 1. The summed E-state index contributed by atoms with van der Waals surface area (Å²) >= 11 is 0. The fourth-order valence-corrected chi connectivity index (χ4v) is 4.25. The highest BCUT2D eigenvalue weighted by Gasteiger charge is 2.30. The van der Waals surface area contributed by atoms with Gasteiger partial charge in [0.15, 0.2) is 0 Å². The Bertz CT molecular complexity index is 716. The van der Waals surface area contributed by atoms with Crippen LogP contribution >= 0.6 is 0 Å². The third kappa shape index (κ3) is 4.09. The lowest BCUT2D eigenvalue weighted by Crippen LogP contribution is -2.48. The number of likely N-dealkylation sites (tertiary alicyclic amines) is 1. The van der Waals surface area contributed by atoms with Crippen LogP contribution < -0.4 is 0 Å². The molecule has 124 valence electrons. The summed E-state index contributed by atoms with van der Waals surface area (Å²) in [5.74, 6) is -0.108. The zero-order valence-electron chi connectivity index (χ0n) is 13.4. The SMILES string of the molecule is CCN(C1CCN(C(=O)c2cccc(C#N)c2)CC1)S(C)(=O)=O. The number of piperidine rings is 1. The van der Waals surface area contributed by atoms with E-state index >= 15 is 0 Å². The first kappa shape index (κ1) is 17.4. The number of carbonyl (C=O) groups is 1. The third-order valence-electron chi connectivity index (χ3n) is 4.14. The van der Waals surface area contributed by atoms with Crippen molar-refractivity contribution in [2.75, 3.05) is 25.9 Å². The third-order valence-corrected chi connectivity index (χ3v) is 5.54. The van der Waals surface area contributed by atoms with E-state index in [1.165, 1.54) is 10.6 Å². The van der Waals surface area contributed by atoms with Gasteiger partial charge in [0.2, 0.25) is 10.0 Å². The predicted molar refractivity (Wildman–Crippen MR) is 87.3 cm³/mol. The molecule has 1 aliphatic rings. The highest BCUT2D eigenvalue weighted by molar-refractivity contribution is 7.88. The highest BCUT2D eigenvalue weighted by atomic mass is 32.2. The molecule has 0 unspecified atom stereocenters. The molecule has 0 saturated carbocycles. The Labute approximate surface area is 137 Å². The van der Waals surface area contributed by atoms with Crippen LogP contribution in [0.3, 0.4) is 0 Å². The molecule has 1 saturated heterocycles. The minimum Gasteiger partial charge on any atom is -0.339 e. The summed E-state index contributed by atoms with van der Waals surface area (Å²) in [4.78, 5) is 14.2. The van der Waals surface area contributed by atoms with Crippen LogP contribution in [-0.2, 0) is 10.0 Å². The van der Waals surface area contributed by atoms with Gasteiger partial charge in [0, 0.05) is 31.2 Å². The first-order valence-electron chi connectivity index (χ1n) is 7.63. The Hall–Kier alpha value is -1.91. The molecule has 7 heteroatoms. The molecular formula is C16H21N3O3S. The summed E-state index contributed by atoms with van der Waals surface area (Å²) in [6.45, 7) is 3.31. The number of carbonyl (C=O) groups excluding carboxylic acids is 1. The van der Waals surface area contributed by atoms with Crippen LogP contribution in [0.2, 0.25) is 0 Å². The summed E-state index contributed by atoms with van der Waals surface area (Å²) in [6.07, 6.45) is 2.48. The van der Waals surface area contributed by atoms with Crippen molar-refractivity contribution in [3.8, 4) is 6.07 Å². The van der Waals surface area contributed by atoms with E-state index in [9.17, 15) is 13.2 Å². The molecule has 0 spiro atoms. The standard InChI is InChI=1S/C16H21N3O3S/c1-3-19(23(2,21)22)15-7-9-18(10-8-15)16(20)14-6-4-5-13(11-14)12-17/h4-6,11,15H,3,7-10H2,1-2H3. The Balaban J connectivity index is 2.04. The lowest BCUT2D eigenvalue weighted by molar-refractivity contribution is 0.0680. The minimum atomic E-state index is -3.22. The summed E-state index contributed by atoms with van der Waals surface area (Å²) in [7, 11) is -3.22. The van der Waals surface area contributed by atoms with Crippen LogP contribution in [0.15, 0.2) is 24.3 Å². The van der Waals surface area contributed by atoms with Crippen molar-refractivity contribution in [2.24, 2.45) is 0 Å². The van der Waals surface area contributed by atoms with E-state index in [1.54, 1.807) is 29.2 Å². The molecule has 6 nitrogen and oxygen atoms in total.